The highest BCUT2D eigenvalue weighted by atomic mass is 19.4. The lowest BCUT2D eigenvalue weighted by Gasteiger charge is -2.14. The molecule has 0 saturated carbocycles. The zero-order valence-corrected chi connectivity index (χ0v) is 15.7. The number of hydrogen-bond acceptors (Lipinski definition) is 5. The van der Waals surface area contributed by atoms with Crippen LogP contribution in [0.5, 0.6) is 0 Å². The largest absolute Gasteiger partial charge is 0.451 e. The molecule has 0 amide bonds. The fourth-order valence-corrected chi connectivity index (χ4v) is 2.93. The Morgan fingerprint density at radius 2 is 1.79 bits per heavy atom. The van der Waals surface area contributed by atoms with Crippen LogP contribution in [0, 0.1) is 13.8 Å². The zero-order chi connectivity index (χ0) is 21.4. The lowest BCUT2D eigenvalue weighted by Crippen LogP contribution is -2.26. The molecule has 0 aliphatic carbocycles. The first-order valence-electron chi connectivity index (χ1n) is 8.26. The summed E-state index contributed by atoms with van der Waals surface area (Å²) in [6, 6.07) is 2.23. The molecule has 2 rings (SSSR count). The van der Waals surface area contributed by atoms with Gasteiger partial charge in [-0.2, -0.15) is 13.2 Å². The topological polar surface area (TPSA) is 102 Å². The number of halogens is 3. The first kappa shape index (κ1) is 21.2. The summed E-state index contributed by atoms with van der Waals surface area (Å²) in [6.45, 7) is 5.92. The molecule has 0 saturated heterocycles. The number of nitrogens with one attached hydrogen (secondary N) is 1. The Bertz CT molecular complexity index is 961. The van der Waals surface area contributed by atoms with Crippen LogP contribution in [0.2, 0.25) is 0 Å². The van der Waals surface area contributed by atoms with Crippen LogP contribution < -0.4 is 5.73 Å². The molecule has 3 N–H and O–H groups in total. The SMILES string of the molecule is CC(=O)c1c(C)[nH]c(C(=O)[C@@H](C)OC(=O)c2ccc(C(F)(F)F)cc2N)c1C. The number of H-pyrrole nitrogens is 1. The Kier molecular flexibility index (Phi) is 5.67. The number of ether oxygens (including phenoxy) is 1. The molecule has 28 heavy (non-hydrogen) atoms. The maximum Gasteiger partial charge on any atom is 0.416 e. The van der Waals surface area contributed by atoms with Gasteiger partial charge in [0.15, 0.2) is 11.9 Å². The number of aromatic nitrogens is 1. The monoisotopic (exact) mass is 396 g/mol. The fraction of sp³-hybridized carbons (Fsp3) is 0.316. The summed E-state index contributed by atoms with van der Waals surface area (Å²) in [5, 5.41) is 0. The highest BCUT2D eigenvalue weighted by molar-refractivity contribution is 6.06. The molecule has 150 valence electrons. The summed E-state index contributed by atoms with van der Waals surface area (Å²) in [7, 11) is 0. The van der Waals surface area contributed by atoms with Crippen LogP contribution in [0.4, 0.5) is 18.9 Å². The van der Waals surface area contributed by atoms with Gasteiger partial charge in [0.1, 0.15) is 0 Å². The lowest BCUT2D eigenvalue weighted by molar-refractivity contribution is -0.137. The van der Waals surface area contributed by atoms with Gasteiger partial charge in [-0.25, -0.2) is 4.79 Å². The Morgan fingerprint density at radius 3 is 2.25 bits per heavy atom. The molecule has 0 aliphatic heterocycles. The molecular formula is C19H19F3N2O4. The summed E-state index contributed by atoms with van der Waals surface area (Å²) in [5.41, 5.74) is 5.30. The highest BCUT2D eigenvalue weighted by Crippen LogP contribution is 2.31. The van der Waals surface area contributed by atoms with Gasteiger partial charge >= 0.3 is 12.1 Å². The average molecular weight is 396 g/mol. The first-order valence-corrected chi connectivity index (χ1v) is 8.26. The predicted molar refractivity (Wildman–Crippen MR) is 95.3 cm³/mol. The molecule has 6 nitrogen and oxygen atoms in total. The van der Waals surface area contributed by atoms with Crippen LogP contribution >= 0.6 is 0 Å². The molecule has 1 aromatic heterocycles. The Labute approximate surface area is 158 Å². The number of esters is 1. The van der Waals surface area contributed by atoms with Crippen molar-refractivity contribution < 1.29 is 32.3 Å². The van der Waals surface area contributed by atoms with E-state index in [9.17, 15) is 27.6 Å². The number of carbonyl (C=O) groups is 3. The molecule has 0 bridgehead atoms. The number of rotatable bonds is 5. The van der Waals surface area contributed by atoms with Gasteiger partial charge in [-0.3, -0.25) is 9.59 Å². The number of nitrogens with two attached hydrogens (primary N) is 1. The van der Waals surface area contributed by atoms with E-state index < -0.39 is 35.3 Å². The summed E-state index contributed by atoms with van der Waals surface area (Å²) >= 11 is 0. The molecule has 1 atom stereocenters. The van der Waals surface area contributed by atoms with Crippen molar-refractivity contribution in [2.75, 3.05) is 5.73 Å². The first-order chi connectivity index (χ1) is 12.8. The third-order valence-electron chi connectivity index (χ3n) is 4.29. The second kappa shape index (κ2) is 7.49. The van der Waals surface area contributed by atoms with Crippen molar-refractivity contribution in [2.45, 2.75) is 40.0 Å². The second-order valence-corrected chi connectivity index (χ2v) is 6.39. The van der Waals surface area contributed by atoms with Gasteiger partial charge in [0.05, 0.1) is 16.8 Å². The molecule has 0 spiro atoms. The Balaban J connectivity index is 2.22. The van der Waals surface area contributed by atoms with Crippen LogP contribution in [0.1, 0.15) is 61.9 Å². The van der Waals surface area contributed by atoms with Crippen molar-refractivity contribution in [2.24, 2.45) is 0 Å². The quantitative estimate of drug-likeness (QED) is 0.454. The van der Waals surface area contributed by atoms with E-state index in [1.807, 2.05) is 0 Å². The molecule has 1 heterocycles. The van der Waals surface area contributed by atoms with Crippen molar-refractivity contribution in [1.29, 1.82) is 0 Å². The maximum absolute atomic E-state index is 12.7. The average Bonchev–Trinajstić information content (AvgIpc) is 2.87. The fourth-order valence-electron chi connectivity index (χ4n) is 2.93. The predicted octanol–water partition coefficient (Wildman–Crippen LogP) is 3.86. The van der Waals surface area contributed by atoms with E-state index in [1.165, 1.54) is 13.8 Å². The van der Waals surface area contributed by atoms with Crippen LogP contribution in [0.3, 0.4) is 0 Å². The van der Waals surface area contributed by atoms with Gasteiger partial charge in [-0.15, -0.1) is 0 Å². The van der Waals surface area contributed by atoms with E-state index in [-0.39, 0.29) is 17.0 Å². The number of hydrogen-bond donors (Lipinski definition) is 2. The van der Waals surface area contributed by atoms with Crippen LogP contribution in [0.25, 0.3) is 0 Å². The van der Waals surface area contributed by atoms with Crippen molar-refractivity contribution in [3.05, 3.63) is 51.8 Å². The summed E-state index contributed by atoms with van der Waals surface area (Å²) in [5.74, 6) is -1.82. The number of Topliss-reactive ketones (excluding diaryl/α,β-unsaturated/α-hetero) is 2. The van der Waals surface area contributed by atoms with E-state index in [2.05, 4.69) is 4.98 Å². The molecule has 2 aromatic rings. The number of anilines is 1. The standard InChI is InChI=1S/C19H19F3N2O4/c1-8-15(10(3)25)9(2)24-16(8)17(26)11(4)28-18(27)13-6-5-12(7-14(13)23)19(20,21)22/h5-7,11,24H,23H2,1-4H3/t11-/m1/s1. The number of nitrogen functional groups attached to an aromatic ring is 1. The molecule has 9 heteroatoms. The number of carbonyl (C=O) groups excluding carboxylic acids is 3. The number of benzene rings is 1. The molecule has 0 aliphatic rings. The normalized spacial score (nSPS) is 12.5. The molecule has 1 aromatic carbocycles. The number of aromatic amines is 1. The van der Waals surface area contributed by atoms with Gasteiger partial charge in [0.25, 0.3) is 0 Å². The van der Waals surface area contributed by atoms with E-state index in [0.29, 0.717) is 29.0 Å². The number of aryl methyl sites for hydroxylation is 1. The Hall–Kier alpha value is -3.10. The lowest BCUT2D eigenvalue weighted by atomic mass is 10.0. The van der Waals surface area contributed by atoms with Gasteiger partial charge in [0.2, 0.25) is 5.78 Å². The molecular weight excluding hydrogens is 377 g/mol. The number of ketones is 2. The van der Waals surface area contributed by atoms with Gasteiger partial charge in [-0.1, -0.05) is 0 Å². The summed E-state index contributed by atoms with van der Waals surface area (Å²) in [6.07, 6.45) is -5.84. The minimum absolute atomic E-state index is 0.128. The van der Waals surface area contributed by atoms with E-state index in [1.54, 1.807) is 13.8 Å². The molecule has 0 fully saturated rings. The van der Waals surface area contributed by atoms with Crippen LogP contribution in [0.15, 0.2) is 18.2 Å². The Morgan fingerprint density at radius 1 is 1.18 bits per heavy atom. The van der Waals surface area contributed by atoms with Crippen molar-refractivity contribution in [1.82, 2.24) is 4.98 Å². The minimum atomic E-state index is -4.60. The smallest absolute Gasteiger partial charge is 0.416 e. The van der Waals surface area contributed by atoms with Crippen molar-refractivity contribution >= 4 is 23.2 Å². The highest BCUT2D eigenvalue weighted by Gasteiger charge is 2.32. The van der Waals surface area contributed by atoms with E-state index in [4.69, 9.17) is 10.5 Å². The maximum atomic E-state index is 12.7. The molecule has 0 radical (unpaired) electrons. The van der Waals surface area contributed by atoms with E-state index >= 15 is 0 Å². The zero-order valence-electron chi connectivity index (χ0n) is 15.7. The van der Waals surface area contributed by atoms with Gasteiger partial charge in [0, 0.05) is 16.9 Å². The third kappa shape index (κ3) is 4.08. The summed E-state index contributed by atoms with van der Waals surface area (Å²) in [4.78, 5) is 39.3. The van der Waals surface area contributed by atoms with Crippen LogP contribution in [-0.2, 0) is 10.9 Å². The number of alkyl halides is 3. The van der Waals surface area contributed by atoms with Crippen molar-refractivity contribution in [3.8, 4) is 0 Å². The van der Waals surface area contributed by atoms with Crippen LogP contribution in [-0.4, -0.2) is 28.6 Å². The minimum Gasteiger partial charge on any atom is -0.451 e. The van der Waals surface area contributed by atoms with Gasteiger partial charge < -0.3 is 15.5 Å². The molecule has 0 unspecified atom stereocenters. The second-order valence-electron chi connectivity index (χ2n) is 6.39. The van der Waals surface area contributed by atoms with Crippen molar-refractivity contribution in [3.63, 3.8) is 0 Å². The summed E-state index contributed by atoms with van der Waals surface area (Å²) < 4.78 is 43.1. The van der Waals surface area contributed by atoms with E-state index in [0.717, 1.165) is 6.07 Å². The van der Waals surface area contributed by atoms with Gasteiger partial charge in [-0.05, 0) is 51.5 Å². The third-order valence-corrected chi connectivity index (χ3v) is 4.29.